The van der Waals surface area contributed by atoms with Crippen molar-refractivity contribution in [2.75, 3.05) is 19.6 Å². The highest BCUT2D eigenvalue weighted by Crippen LogP contribution is 2.16. The molecule has 1 aliphatic rings. The second kappa shape index (κ2) is 5.39. The molecule has 0 amide bonds. The van der Waals surface area contributed by atoms with Gasteiger partial charge in [0.05, 0.1) is 11.3 Å². The van der Waals surface area contributed by atoms with Crippen LogP contribution in [-0.4, -0.2) is 35.3 Å². The summed E-state index contributed by atoms with van der Waals surface area (Å²) in [6.07, 6.45) is 3.43. The number of hydrogen-bond donors (Lipinski definition) is 3. The molecule has 4 heteroatoms. The molecule has 0 bridgehead atoms. The minimum absolute atomic E-state index is 0.542. The Balaban J connectivity index is 1.75. The van der Waals surface area contributed by atoms with Crippen LogP contribution in [0.3, 0.4) is 0 Å². The fourth-order valence-corrected chi connectivity index (χ4v) is 1.99. The summed E-state index contributed by atoms with van der Waals surface area (Å²) in [6, 6.07) is 5.87. The van der Waals surface area contributed by atoms with E-state index in [9.17, 15) is 5.11 Å². The molecule has 2 heterocycles. The fourth-order valence-electron chi connectivity index (χ4n) is 1.99. The second-order valence-electron chi connectivity index (χ2n) is 4.40. The number of nitrogens with one attached hydrogen (secondary N) is 2. The number of pyridine rings is 1. The number of aliphatic hydroxyl groups is 1. The number of hydrogen-bond acceptors (Lipinski definition) is 4. The predicted octanol–water partition coefficient (Wildman–Crippen LogP) is 0.286. The summed E-state index contributed by atoms with van der Waals surface area (Å²) >= 11 is 0. The van der Waals surface area contributed by atoms with Gasteiger partial charge in [0.2, 0.25) is 0 Å². The number of rotatable bonds is 4. The first-order valence-corrected chi connectivity index (χ1v) is 5.82. The van der Waals surface area contributed by atoms with Crippen molar-refractivity contribution in [3.8, 4) is 0 Å². The van der Waals surface area contributed by atoms with Crippen molar-refractivity contribution in [1.82, 2.24) is 15.6 Å². The SMILES string of the molecule is OC1(CNCc2ccccn2)CCNCC1. The summed E-state index contributed by atoms with van der Waals surface area (Å²) in [5.41, 5.74) is 0.472. The zero-order chi connectivity index (χ0) is 11.3. The van der Waals surface area contributed by atoms with Gasteiger partial charge in [-0.1, -0.05) is 6.07 Å². The van der Waals surface area contributed by atoms with E-state index in [0.29, 0.717) is 6.54 Å². The van der Waals surface area contributed by atoms with Crippen LogP contribution in [0.1, 0.15) is 18.5 Å². The molecular formula is C12H19N3O. The first kappa shape index (κ1) is 11.5. The van der Waals surface area contributed by atoms with Crippen LogP contribution < -0.4 is 10.6 Å². The zero-order valence-corrected chi connectivity index (χ0v) is 9.45. The third-order valence-corrected chi connectivity index (χ3v) is 3.02. The van der Waals surface area contributed by atoms with Crippen molar-refractivity contribution in [1.29, 1.82) is 0 Å². The molecule has 0 radical (unpaired) electrons. The van der Waals surface area contributed by atoms with Crippen molar-refractivity contribution in [2.24, 2.45) is 0 Å². The van der Waals surface area contributed by atoms with E-state index >= 15 is 0 Å². The van der Waals surface area contributed by atoms with Gasteiger partial charge < -0.3 is 15.7 Å². The Morgan fingerprint density at radius 2 is 2.19 bits per heavy atom. The molecule has 0 saturated carbocycles. The molecule has 0 aliphatic carbocycles. The Kier molecular flexibility index (Phi) is 3.88. The van der Waals surface area contributed by atoms with E-state index in [1.54, 1.807) is 6.20 Å². The van der Waals surface area contributed by atoms with E-state index in [1.807, 2.05) is 18.2 Å². The lowest BCUT2D eigenvalue weighted by Gasteiger charge is -2.32. The van der Waals surface area contributed by atoms with Crippen molar-refractivity contribution in [3.05, 3.63) is 30.1 Å². The summed E-state index contributed by atoms with van der Waals surface area (Å²) in [5, 5.41) is 16.7. The second-order valence-corrected chi connectivity index (χ2v) is 4.40. The van der Waals surface area contributed by atoms with Crippen LogP contribution in [0.2, 0.25) is 0 Å². The highest BCUT2D eigenvalue weighted by molar-refractivity contribution is 5.03. The Hall–Kier alpha value is -0.970. The van der Waals surface area contributed by atoms with Gasteiger partial charge in [0.15, 0.2) is 0 Å². The minimum Gasteiger partial charge on any atom is -0.388 e. The van der Waals surface area contributed by atoms with Crippen LogP contribution in [0, 0.1) is 0 Å². The van der Waals surface area contributed by atoms with Crippen LogP contribution in [0.15, 0.2) is 24.4 Å². The van der Waals surface area contributed by atoms with Gasteiger partial charge in [-0.3, -0.25) is 4.98 Å². The zero-order valence-electron chi connectivity index (χ0n) is 9.45. The molecule has 0 unspecified atom stereocenters. The summed E-state index contributed by atoms with van der Waals surface area (Å²) in [6.45, 7) is 3.17. The van der Waals surface area contributed by atoms with Gasteiger partial charge in [0.1, 0.15) is 0 Å². The van der Waals surface area contributed by atoms with E-state index in [4.69, 9.17) is 0 Å². The predicted molar refractivity (Wildman–Crippen MR) is 63.0 cm³/mol. The maximum Gasteiger partial charge on any atom is 0.0795 e. The molecule has 2 rings (SSSR count). The third-order valence-electron chi connectivity index (χ3n) is 3.02. The quantitative estimate of drug-likeness (QED) is 0.684. The molecule has 1 saturated heterocycles. The molecule has 88 valence electrons. The Bertz CT molecular complexity index is 309. The maximum absolute atomic E-state index is 10.2. The monoisotopic (exact) mass is 221 g/mol. The summed E-state index contributed by atoms with van der Waals surface area (Å²) in [7, 11) is 0. The topological polar surface area (TPSA) is 57.2 Å². The van der Waals surface area contributed by atoms with Gasteiger partial charge in [-0.25, -0.2) is 0 Å². The highest BCUT2D eigenvalue weighted by atomic mass is 16.3. The molecule has 3 N–H and O–H groups in total. The van der Waals surface area contributed by atoms with Crippen LogP contribution >= 0.6 is 0 Å². The van der Waals surface area contributed by atoms with Crippen LogP contribution in [0.4, 0.5) is 0 Å². The van der Waals surface area contributed by atoms with Crippen LogP contribution in [-0.2, 0) is 6.54 Å². The van der Waals surface area contributed by atoms with Crippen LogP contribution in [0.25, 0.3) is 0 Å². The van der Waals surface area contributed by atoms with E-state index < -0.39 is 5.60 Å². The van der Waals surface area contributed by atoms with Gasteiger partial charge in [0, 0.05) is 19.3 Å². The Morgan fingerprint density at radius 1 is 1.38 bits per heavy atom. The van der Waals surface area contributed by atoms with Crippen molar-refractivity contribution >= 4 is 0 Å². The standard InChI is InChI=1S/C12H19N3O/c16-12(4-7-13-8-5-12)10-14-9-11-3-1-2-6-15-11/h1-3,6,13-14,16H,4-5,7-10H2. The fraction of sp³-hybridized carbons (Fsp3) is 0.583. The number of nitrogens with zero attached hydrogens (tertiary/aromatic N) is 1. The largest absolute Gasteiger partial charge is 0.388 e. The Labute approximate surface area is 96.1 Å². The Morgan fingerprint density at radius 3 is 2.88 bits per heavy atom. The average Bonchev–Trinajstić information content (AvgIpc) is 2.31. The average molecular weight is 221 g/mol. The lowest BCUT2D eigenvalue weighted by molar-refractivity contribution is 0.0109. The van der Waals surface area contributed by atoms with Gasteiger partial charge >= 0.3 is 0 Å². The summed E-state index contributed by atoms with van der Waals surface area (Å²) in [5.74, 6) is 0. The van der Waals surface area contributed by atoms with Crippen molar-refractivity contribution in [2.45, 2.75) is 25.0 Å². The van der Waals surface area contributed by atoms with E-state index in [-0.39, 0.29) is 0 Å². The number of piperidine rings is 1. The highest BCUT2D eigenvalue weighted by Gasteiger charge is 2.28. The molecule has 16 heavy (non-hydrogen) atoms. The summed E-state index contributed by atoms with van der Waals surface area (Å²) < 4.78 is 0. The van der Waals surface area contributed by atoms with E-state index in [2.05, 4.69) is 15.6 Å². The first-order chi connectivity index (χ1) is 7.79. The van der Waals surface area contributed by atoms with Crippen LogP contribution in [0.5, 0.6) is 0 Å². The van der Waals surface area contributed by atoms with Gasteiger partial charge in [-0.2, -0.15) is 0 Å². The third kappa shape index (κ3) is 3.27. The molecule has 1 fully saturated rings. The summed E-state index contributed by atoms with van der Waals surface area (Å²) in [4.78, 5) is 4.23. The molecule has 1 aromatic heterocycles. The first-order valence-electron chi connectivity index (χ1n) is 5.82. The van der Waals surface area contributed by atoms with Gasteiger partial charge in [0.25, 0.3) is 0 Å². The molecule has 1 aliphatic heterocycles. The molecule has 0 aromatic carbocycles. The minimum atomic E-state index is -0.542. The lowest BCUT2D eigenvalue weighted by atomic mass is 9.92. The molecule has 0 spiro atoms. The van der Waals surface area contributed by atoms with E-state index in [1.165, 1.54) is 0 Å². The smallest absolute Gasteiger partial charge is 0.0795 e. The number of aromatic nitrogens is 1. The van der Waals surface area contributed by atoms with Gasteiger partial charge in [-0.05, 0) is 38.1 Å². The molecular weight excluding hydrogens is 202 g/mol. The lowest BCUT2D eigenvalue weighted by Crippen LogP contribution is -2.48. The van der Waals surface area contributed by atoms with E-state index in [0.717, 1.165) is 38.2 Å². The maximum atomic E-state index is 10.2. The van der Waals surface area contributed by atoms with Gasteiger partial charge in [-0.15, -0.1) is 0 Å². The van der Waals surface area contributed by atoms with Crippen molar-refractivity contribution in [3.63, 3.8) is 0 Å². The normalized spacial score (nSPS) is 19.6. The molecule has 4 nitrogen and oxygen atoms in total. The molecule has 0 atom stereocenters. The molecule has 1 aromatic rings. The van der Waals surface area contributed by atoms with Crippen molar-refractivity contribution < 1.29 is 5.11 Å².